The van der Waals surface area contributed by atoms with Crippen LogP contribution in [0.4, 0.5) is 0 Å². The Morgan fingerprint density at radius 1 is 1.41 bits per heavy atom. The lowest BCUT2D eigenvalue weighted by atomic mass is 9.89. The van der Waals surface area contributed by atoms with Gasteiger partial charge in [-0.25, -0.2) is 0 Å². The first kappa shape index (κ1) is 12.9. The van der Waals surface area contributed by atoms with Crippen LogP contribution in [-0.4, -0.2) is 25.5 Å². The summed E-state index contributed by atoms with van der Waals surface area (Å²) in [5, 5.41) is 6.38. The topological polar surface area (TPSA) is 41.1 Å². The molecule has 17 heavy (non-hydrogen) atoms. The molecule has 1 saturated heterocycles. The Balaban J connectivity index is 1.59. The Kier molecular flexibility index (Phi) is 4.43. The van der Waals surface area contributed by atoms with E-state index in [2.05, 4.69) is 17.6 Å². The molecular formula is C14H26N2O. The Bertz CT molecular complexity index is 253. The second kappa shape index (κ2) is 5.85. The van der Waals surface area contributed by atoms with Crippen molar-refractivity contribution in [1.29, 1.82) is 0 Å². The van der Waals surface area contributed by atoms with Crippen LogP contribution in [-0.2, 0) is 4.79 Å². The Morgan fingerprint density at radius 3 is 2.82 bits per heavy atom. The lowest BCUT2D eigenvalue weighted by Gasteiger charge is -2.21. The molecule has 0 aromatic heterocycles. The van der Waals surface area contributed by atoms with E-state index in [1.807, 2.05) is 0 Å². The highest BCUT2D eigenvalue weighted by Gasteiger charge is 2.35. The maximum Gasteiger partial charge on any atom is 0.227 e. The van der Waals surface area contributed by atoms with E-state index in [0.29, 0.717) is 0 Å². The van der Waals surface area contributed by atoms with Gasteiger partial charge in [-0.05, 0) is 38.6 Å². The highest BCUT2D eigenvalue weighted by atomic mass is 16.2. The third-order valence-corrected chi connectivity index (χ3v) is 4.47. The van der Waals surface area contributed by atoms with Gasteiger partial charge in [0.25, 0.3) is 0 Å². The van der Waals surface area contributed by atoms with Crippen LogP contribution in [0.3, 0.4) is 0 Å². The van der Waals surface area contributed by atoms with E-state index in [-0.39, 0.29) is 11.3 Å². The molecule has 0 aromatic carbocycles. The van der Waals surface area contributed by atoms with Gasteiger partial charge in [0.15, 0.2) is 0 Å². The summed E-state index contributed by atoms with van der Waals surface area (Å²) in [5.74, 6) is 1.18. The molecule has 1 unspecified atom stereocenters. The third-order valence-electron chi connectivity index (χ3n) is 4.47. The fourth-order valence-corrected chi connectivity index (χ4v) is 3.12. The van der Waals surface area contributed by atoms with Crippen molar-refractivity contribution >= 4 is 5.91 Å². The molecule has 2 aliphatic rings. The summed E-state index contributed by atoms with van der Waals surface area (Å²) in [5.41, 5.74) is -0.159. The molecule has 98 valence electrons. The molecule has 1 aliphatic carbocycles. The molecule has 0 radical (unpaired) electrons. The molecule has 2 fully saturated rings. The van der Waals surface area contributed by atoms with Crippen molar-refractivity contribution in [2.75, 3.05) is 19.6 Å². The zero-order chi connectivity index (χ0) is 12.1. The fourth-order valence-electron chi connectivity index (χ4n) is 3.12. The minimum absolute atomic E-state index is 0.159. The van der Waals surface area contributed by atoms with E-state index < -0.39 is 0 Å². The Morgan fingerprint density at radius 2 is 2.18 bits per heavy atom. The van der Waals surface area contributed by atoms with E-state index in [1.54, 1.807) is 0 Å². The molecule has 2 rings (SSSR count). The van der Waals surface area contributed by atoms with Crippen molar-refractivity contribution in [2.24, 2.45) is 11.3 Å². The zero-order valence-corrected chi connectivity index (χ0v) is 11.1. The molecule has 1 amide bonds. The molecule has 1 aliphatic heterocycles. The highest BCUT2D eigenvalue weighted by Crippen LogP contribution is 2.28. The van der Waals surface area contributed by atoms with Gasteiger partial charge >= 0.3 is 0 Å². The predicted octanol–water partition coefficient (Wildman–Crippen LogP) is 2.07. The van der Waals surface area contributed by atoms with Crippen molar-refractivity contribution < 1.29 is 4.79 Å². The smallest absolute Gasteiger partial charge is 0.227 e. The van der Waals surface area contributed by atoms with Crippen LogP contribution >= 0.6 is 0 Å². The van der Waals surface area contributed by atoms with Crippen LogP contribution in [0.25, 0.3) is 0 Å². The minimum atomic E-state index is -0.159. The van der Waals surface area contributed by atoms with E-state index in [4.69, 9.17) is 0 Å². The lowest BCUT2D eigenvalue weighted by Crippen LogP contribution is -2.40. The van der Waals surface area contributed by atoms with Crippen molar-refractivity contribution in [3.05, 3.63) is 0 Å². The van der Waals surface area contributed by atoms with Gasteiger partial charge in [0.1, 0.15) is 0 Å². The Labute approximate surface area is 105 Å². The molecule has 2 N–H and O–H groups in total. The number of hydrogen-bond acceptors (Lipinski definition) is 2. The summed E-state index contributed by atoms with van der Waals surface area (Å²) in [7, 11) is 0. The molecule has 1 saturated carbocycles. The number of carbonyl (C=O) groups is 1. The van der Waals surface area contributed by atoms with Crippen molar-refractivity contribution in [2.45, 2.75) is 51.9 Å². The Hall–Kier alpha value is -0.570. The van der Waals surface area contributed by atoms with Crippen LogP contribution in [0.5, 0.6) is 0 Å². The van der Waals surface area contributed by atoms with Crippen LogP contribution in [0.15, 0.2) is 0 Å². The SMILES string of the molecule is CC1(C(=O)NCCCC2CCCC2)CCNC1. The van der Waals surface area contributed by atoms with Gasteiger partial charge in [-0.2, -0.15) is 0 Å². The average molecular weight is 238 g/mol. The molecule has 1 heterocycles. The molecule has 0 bridgehead atoms. The monoisotopic (exact) mass is 238 g/mol. The first-order valence-electron chi connectivity index (χ1n) is 7.20. The quantitative estimate of drug-likeness (QED) is 0.720. The number of nitrogens with one attached hydrogen (secondary N) is 2. The van der Waals surface area contributed by atoms with Crippen molar-refractivity contribution in [1.82, 2.24) is 10.6 Å². The largest absolute Gasteiger partial charge is 0.356 e. The van der Waals surface area contributed by atoms with E-state index in [9.17, 15) is 4.79 Å². The third kappa shape index (κ3) is 3.44. The van der Waals surface area contributed by atoms with Crippen LogP contribution in [0.2, 0.25) is 0 Å². The molecular weight excluding hydrogens is 212 g/mol. The summed E-state index contributed by atoms with van der Waals surface area (Å²) >= 11 is 0. The van der Waals surface area contributed by atoms with E-state index >= 15 is 0 Å². The second-order valence-electron chi connectivity index (χ2n) is 6.04. The predicted molar refractivity (Wildman–Crippen MR) is 69.8 cm³/mol. The van der Waals surface area contributed by atoms with Gasteiger partial charge in [0, 0.05) is 13.1 Å². The number of carbonyl (C=O) groups excluding carboxylic acids is 1. The van der Waals surface area contributed by atoms with Gasteiger partial charge in [0.2, 0.25) is 5.91 Å². The van der Waals surface area contributed by atoms with Crippen molar-refractivity contribution in [3.8, 4) is 0 Å². The first-order valence-corrected chi connectivity index (χ1v) is 7.20. The average Bonchev–Trinajstić information content (AvgIpc) is 2.96. The second-order valence-corrected chi connectivity index (χ2v) is 6.04. The standard InChI is InChI=1S/C14H26N2O/c1-14(8-10-15-11-14)13(17)16-9-4-7-12-5-2-3-6-12/h12,15H,2-11H2,1H3,(H,16,17). The lowest BCUT2D eigenvalue weighted by molar-refractivity contribution is -0.129. The van der Waals surface area contributed by atoms with Crippen LogP contribution < -0.4 is 10.6 Å². The van der Waals surface area contributed by atoms with E-state index in [1.165, 1.54) is 32.1 Å². The first-order chi connectivity index (χ1) is 8.21. The molecule has 0 spiro atoms. The fraction of sp³-hybridized carbons (Fsp3) is 0.929. The summed E-state index contributed by atoms with van der Waals surface area (Å²) in [6.45, 7) is 4.75. The normalized spacial score (nSPS) is 29.7. The van der Waals surface area contributed by atoms with Gasteiger partial charge in [-0.3, -0.25) is 4.79 Å². The van der Waals surface area contributed by atoms with Gasteiger partial charge in [0.05, 0.1) is 5.41 Å². The van der Waals surface area contributed by atoms with Gasteiger partial charge in [-0.15, -0.1) is 0 Å². The minimum Gasteiger partial charge on any atom is -0.356 e. The van der Waals surface area contributed by atoms with Crippen LogP contribution in [0.1, 0.15) is 51.9 Å². The summed E-state index contributed by atoms with van der Waals surface area (Å²) < 4.78 is 0. The molecule has 0 aromatic rings. The van der Waals surface area contributed by atoms with Gasteiger partial charge in [-0.1, -0.05) is 25.7 Å². The maximum atomic E-state index is 12.0. The summed E-state index contributed by atoms with van der Waals surface area (Å²) in [6.07, 6.45) is 9.09. The van der Waals surface area contributed by atoms with Crippen LogP contribution in [0, 0.1) is 11.3 Å². The molecule has 3 nitrogen and oxygen atoms in total. The van der Waals surface area contributed by atoms with E-state index in [0.717, 1.165) is 38.4 Å². The number of amides is 1. The highest BCUT2D eigenvalue weighted by molar-refractivity contribution is 5.82. The zero-order valence-electron chi connectivity index (χ0n) is 11.1. The summed E-state index contributed by atoms with van der Waals surface area (Å²) in [4.78, 5) is 12.0. The number of hydrogen-bond donors (Lipinski definition) is 2. The summed E-state index contributed by atoms with van der Waals surface area (Å²) in [6, 6.07) is 0. The van der Waals surface area contributed by atoms with Crippen molar-refractivity contribution in [3.63, 3.8) is 0 Å². The molecule has 1 atom stereocenters. The van der Waals surface area contributed by atoms with Gasteiger partial charge < -0.3 is 10.6 Å². The maximum absolute atomic E-state index is 12.0. The number of rotatable bonds is 5. The molecule has 3 heteroatoms.